The molecule has 1 spiro atoms. The van der Waals surface area contributed by atoms with Crippen LogP contribution in [-0.2, 0) is 61.9 Å². The summed E-state index contributed by atoms with van der Waals surface area (Å²) in [6, 6.07) is 0. The maximum Gasteiger partial charge on any atom is 0.333 e. The average Bonchev–Trinajstić information content (AvgIpc) is 3.11. The molecule has 0 bridgehead atoms. The van der Waals surface area contributed by atoms with Gasteiger partial charge in [0.05, 0.1) is 19.3 Å². The van der Waals surface area contributed by atoms with Gasteiger partial charge >= 0.3 is 29.8 Å². The summed E-state index contributed by atoms with van der Waals surface area (Å²) in [6.07, 6.45) is -2.91. The van der Waals surface area contributed by atoms with Gasteiger partial charge in [0.2, 0.25) is 0 Å². The molecule has 0 aromatic carbocycles. The van der Waals surface area contributed by atoms with E-state index in [9.17, 15) is 33.9 Å². The molecule has 0 amide bonds. The van der Waals surface area contributed by atoms with Crippen LogP contribution in [0.2, 0.25) is 0 Å². The molecule has 12 atom stereocenters. The van der Waals surface area contributed by atoms with Crippen LogP contribution >= 0.6 is 0 Å². The molecule has 2 aliphatic rings. The second kappa shape index (κ2) is 23.4. The predicted octanol–water partition coefficient (Wildman–Crippen LogP) is 6.60. The van der Waals surface area contributed by atoms with E-state index in [1.165, 1.54) is 21.0 Å². The first-order valence-electron chi connectivity index (χ1n) is 21.1. The van der Waals surface area contributed by atoms with Crippen LogP contribution in [0, 0.1) is 35.5 Å². The van der Waals surface area contributed by atoms with E-state index in [0.29, 0.717) is 25.7 Å². The molecular formula is C44H72O14. The molecule has 0 aromatic heterocycles. The lowest BCUT2D eigenvalue weighted by Crippen LogP contribution is -2.57. The number of aliphatic hydroxyl groups is 1. The molecule has 1 N–H and O–H groups in total. The maximum absolute atomic E-state index is 13.5. The van der Waals surface area contributed by atoms with Gasteiger partial charge in [0.25, 0.3) is 0 Å². The minimum absolute atomic E-state index is 0.00378. The SMILES string of the molecule is CCC(=O)O[C@@H](C/C=C(\C)C(=O)OC)[C@H](C)[C@@H](OC(C)=O)[C@@H](C[C@H](C)[C@H](OC(=O)CC(C)C)C1C[C@H](C)C[C@]2(C[C@H](C)CC([C@@H](O)C(C)=O)O2)O1)OC(=O)CC(C)C. The summed E-state index contributed by atoms with van der Waals surface area (Å²) in [4.78, 5) is 77.0. The van der Waals surface area contributed by atoms with Crippen molar-refractivity contribution in [1.82, 2.24) is 0 Å². The van der Waals surface area contributed by atoms with Gasteiger partial charge in [-0.05, 0) is 62.7 Å². The molecule has 0 aliphatic carbocycles. The summed E-state index contributed by atoms with van der Waals surface area (Å²) in [5.74, 6) is -5.58. The number of carbonyl (C=O) groups excluding carboxylic acids is 6. The molecule has 2 rings (SSSR count). The summed E-state index contributed by atoms with van der Waals surface area (Å²) in [7, 11) is 1.26. The first-order valence-corrected chi connectivity index (χ1v) is 21.1. The number of rotatable bonds is 21. The van der Waals surface area contributed by atoms with Crippen molar-refractivity contribution in [3.05, 3.63) is 11.6 Å². The summed E-state index contributed by atoms with van der Waals surface area (Å²) in [5.41, 5.74) is 0.286. The Kier molecular flexibility index (Phi) is 20.5. The number of hydrogen-bond donors (Lipinski definition) is 1. The molecule has 14 heteroatoms. The van der Waals surface area contributed by atoms with E-state index in [1.54, 1.807) is 26.8 Å². The fraction of sp³-hybridized carbons (Fsp3) is 0.818. The zero-order valence-electron chi connectivity index (χ0n) is 37.2. The number of esters is 5. The predicted molar refractivity (Wildman–Crippen MR) is 214 cm³/mol. The largest absolute Gasteiger partial charge is 0.466 e. The van der Waals surface area contributed by atoms with E-state index < -0.39 is 96.0 Å². The van der Waals surface area contributed by atoms with Gasteiger partial charge < -0.3 is 38.3 Å². The Balaban J connectivity index is 2.68. The lowest BCUT2D eigenvalue weighted by atomic mass is 9.79. The Bertz CT molecular complexity index is 1420. The number of methoxy groups -OCH3 is 1. The van der Waals surface area contributed by atoms with Crippen LogP contribution in [0.15, 0.2) is 11.6 Å². The number of hydrogen-bond acceptors (Lipinski definition) is 14. The standard InChI is InChI=1S/C44H72O14/c1-14-37(47)54-33(16-15-28(8)43(51)52-13)30(10)42(53-32(12)46)35(55-38(48)17-24(2)3)21-29(9)41(56-39(49)18-25(4)5)36-20-27(7)23-44(58-36)22-26(6)19-34(57-44)40(50)31(11)45/h15,24-27,29-30,33-36,40-42,50H,14,16-23H2,1-13H3/b28-15+/t26-,27+,29+,30+,33+,34?,35-,36?,40+,41+,42-,44+/m1/s1. The van der Waals surface area contributed by atoms with Crippen LogP contribution < -0.4 is 0 Å². The smallest absolute Gasteiger partial charge is 0.333 e. The monoisotopic (exact) mass is 824 g/mol. The Morgan fingerprint density at radius 3 is 1.78 bits per heavy atom. The van der Waals surface area contributed by atoms with Gasteiger partial charge in [-0.15, -0.1) is 0 Å². The van der Waals surface area contributed by atoms with Crippen molar-refractivity contribution < 1.29 is 67.0 Å². The van der Waals surface area contributed by atoms with Crippen molar-refractivity contribution in [3.8, 4) is 0 Å². The first kappa shape index (κ1) is 50.8. The molecule has 58 heavy (non-hydrogen) atoms. The third-order valence-corrected chi connectivity index (χ3v) is 10.8. The Hall–Kier alpha value is -3.36. The Morgan fingerprint density at radius 1 is 0.759 bits per heavy atom. The van der Waals surface area contributed by atoms with Crippen molar-refractivity contribution in [1.29, 1.82) is 0 Å². The summed E-state index contributed by atoms with van der Waals surface area (Å²) >= 11 is 0. The van der Waals surface area contributed by atoms with Crippen LogP contribution in [0.25, 0.3) is 0 Å². The average molecular weight is 825 g/mol. The zero-order chi connectivity index (χ0) is 44.1. The highest BCUT2D eigenvalue weighted by Gasteiger charge is 2.52. The third kappa shape index (κ3) is 16.0. The molecule has 0 saturated carbocycles. The molecule has 2 heterocycles. The number of carbonyl (C=O) groups is 6. The molecule has 2 unspecified atom stereocenters. The molecule has 2 aliphatic heterocycles. The van der Waals surface area contributed by atoms with Crippen LogP contribution in [0.5, 0.6) is 0 Å². The Morgan fingerprint density at radius 2 is 1.28 bits per heavy atom. The van der Waals surface area contributed by atoms with Gasteiger partial charge in [0.15, 0.2) is 11.6 Å². The second-order valence-corrected chi connectivity index (χ2v) is 17.7. The topological polar surface area (TPSA) is 187 Å². The quantitative estimate of drug-likeness (QED) is 0.0741. The van der Waals surface area contributed by atoms with E-state index in [4.69, 9.17) is 33.2 Å². The van der Waals surface area contributed by atoms with E-state index in [1.807, 2.05) is 41.5 Å². The molecule has 0 aromatic rings. The number of ether oxygens (including phenoxy) is 7. The summed E-state index contributed by atoms with van der Waals surface area (Å²) < 4.78 is 42.5. The van der Waals surface area contributed by atoms with Crippen LogP contribution in [0.1, 0.15) is 141 Å². The van der Waals surface area contributed by atoms with Crippen molar-refractivity contribution in [2.24, 2.45) is 35.5 Å². The van der Waals surface area contributed by atoms with Gasteiger partial charge in [-0.25, -0.2) is 4.79 Å². The minimum atomic E-state index is -1.32. The van der Waals surface area contributed by atoms with E-state index in [-0.39, 0.29) is 61.3 Å². The van der Waals surface area contributed by atoms with E-state index in [0.717, 1.165) is 0 Å². The van der Waals surface area contributed by atoms with E-state index in [2.05, 4.69) is 6.92 Å². The maximum atomic E-state index is 13.5. The molecule has 0 radical (unpaired) electrons. The van der Waals surface area contributed by atoms with Crippen LogP contribution in [0.4, 0.5) is 0 Å². The third-order valence-electron chi connectivity index (χ3n) is 10.8. The zero-order valence-corrected chi connectivity index (χ0v) is 37.2. The normalized spacial score (nSPS) is 26.1. The fourth-order valence-corrected chi connectivity index (χ4v) is 8.11. The number of aliphatic hydroxyl groups excluding tert-OH is 1. The highest BCUT2D eigenvalue weighted by molar-refractivity contribution is 5.87. The molecule has 2 saturated heterocycles. The lowest BCUT2D eigenvalue weighted by molar-refractivity contribution is -0.347. The van der Waals surface area contributed by atoms with Crippen LogP contribution in [-0.4, -0.2) is 96.4 Å². The van der Waals surface area contributed by atoms with Crippen molar-refractivity contribution >= 4 is 35.6 Å². The molecule has 14 nitrogen and oxygen atoms in total. The first-order chi connectivity index (χ1) is 27.0. The number of Topliss-reactive ketones (excluding diaryl/α,β-unsaturated/α-hetero) is 1. The second-order valence-electron chi connectivity index (χ2n) is 17.7. The van der Waals surface area contributed by atoms with Crippen molar-refractivity contribution in [3.63, 3.8) is 0 Å². The summed E-state index contributed by atoms with van der Waals surface area (Å²) in [5, 5.41) is 10.8. The molecule has 332 valence electrons. The van der Waals surface area contributed by atoms with Gasteiger partial charge in [0.1, 0.15) is 30.5 Å². The summed E-state index contributed by atoms with van der Waals surface area (Å²) in [6.45, 7) is 21.0. The van der Waals surface area contributed by atoms with Gasteiger partial charge in [-0.3, -0.25) is 24.0 Å². The van der Waals surface area contributed by atoms with Gasteiger partial charge in [-0.2, -0.15) is 0 Å². The van der Waals surface area contributed by atoms with Gasteiger partial charge in [0, 0.05) is 56.9 Å². The molecule has 2 fully saturated rings. The lowest BCUT2D eigenvalue weighted by Gasteiger charge is -2.51. The minimum Gasteiger partial charge on any atom is -0.466 e. The van der Waals surface area contributed by atoms with Crippen molar-refractivity contribution in [2.75, 3.05) is 7.11 Å². The van der Waals surface area contributed by atoms with Crippen LogP contribution in [0.3, 0.4) is 0 Å². The highest BCUT2D eigenvalue weighted by atomic mass is 16.7. The highest BCUT2D eigenvalue weighted by Crippen LogP contribution is 2.46. The number of ketones is 1. The Labute approximate surface area is 345 Å². The van der Waals surface area contributed by atoms with Crippen molar-refractivity contribution in [2.45, 2.75) is 189 Å². The molecular weight excluding hydrogens is 752 g/mol. The van der Waals surface area contributed by atoms with Gasteiger partial charge in [-0.1, -0.05) is 68.4 Å². The fourth-order valence-electron chi connectivity index (χ4n) is 8.11. The van der Waals surface area contributed by atoms with E-state index >= 15 is 0 Å².